The summed E-state index contributed by atoms with van der Waals surface area (Å²) in [4.78, 5) is 0. The summed E-state index contributed by atoms with van der Waals surface area (Å²) in [6.07, 6.45) is 32.7. The average Bonchev–Trinajstić information content (AvgIpc) is 3.52. The third kappa shape index (κ3) is 15.1. The van der Waals surface area contributed by atoms with Crippen molar-refractivity contribution in [2.24, 2.45) is 0 Å². The number of hydrogen-bond donors (Lipinski definition) is 0. The zero-order valence-corrected chi connectivity index (χ0v) is 22.9. The summed E-state index contributed by atoms with van der Waals surface area (Å²) < 4.78 is 20.4. The van der Waals surface area contributed by atoms with Gasteiger partial charge < -0.3 is 9.47 Å². The maximum absolute atomic E-state index is 5.81. The monoisotopic (exact) mass is 490 g/mol. The molecule has 200 valence electrons. The Hall–Kier alpha value is -1.66. The van der Waals surface area contributed by atoms with Gasteiger partial charge in [-0.1, -0.05) is 78.1 Å². The van der Waals surface area contributed by atoms with E-state index in [1.165, 1.54) is 89.9 Å². The minimum atomic E-state index is 0.611. The molecular formula is C29H54N4O2+2. The van der Waals surface area contributed by atoms with E-state index in [1.807, 2.05) is 0 Å². The molecule has 0 amide bonds. The van der Waals surface area contributed by atoms with E-state index < -0.39 is 0 Å². The molecule has 0 spiro atoms. The van der Waals surface area contributed by atoms with Gasteiger partial charge in [0.2, 0.25) is 12.7 Å². The quantitative estimate of drug-likeness (QED) is 0.126. The molecule has 0 aliphatic carbocycles. The van der Waals surface area contributed by atoms with Gasteiger partial charge in [0.15, 0.2) is 13.5 Å². The lowest BCUT2D eigenvalue weighted by Gasteiger charge is -2.03. The van der Waals surface area contributed by atoms with Crippen LogP contribution in [-0.4, -0.2) is 22.3 Å². The number of aromatic nitrogens is 4. The summed E-state index contributed by atoms with van der Waals surface area (Å²) in [5.74, 6) is 0. The highest BCUT2D eigenvalue weighted by Gasteiger charge is 2.05. The van der Waals surface area contributed by atoms with Crippen molar-refractivity contribution in [2.75, 3.05) is 13.2 Å². The van der Waals surface area contributed by atoms with Gasteiger partial charge in [-0.05, 0) is 32.1 Å². The fourth-order valence-electron chi connectivity index (χ4n) is 4.40. The second kappa shape index (κ2) is 20.5. The molecule has 0 saturated carbocycles. The molecule has 0 atom stereocenters. The van der Waals surface area contributed by atoms with Gasteiger partial charge in [0.05, 0.1) is 26.3 Å². The second-order valence-corrected chi connectivity index (χ2v) is 10.0. The molecule has 0 fully saturated rings. The third-order valence-electron chi connectivity index (χ3n) is 6.59. The van der Waals surface area contributed by atoms with E-state index in [2.05, 4.69) is 69.6 Å². The summed E-state index contributed by atoms with van der Waals surface area (Å²) in [5, 5.41) is 0. The first-order valence-corrected chi connectivity index (χ1v) is 14.6. The van der Waals surface area contributed by atoms with Gasteiger partial charge >= 0.3 is 0 Å². The van der Waals surface area contributed by atoms with Crippen LogP contribution < -0.4 is 9.13 Å². The molecule has 0 aromatic carbocycles. The van der Waals surface area contributed by atoms with Gasteiger partial charge in [-0.2, -0.15) is 0 Å². The van der Waals surface area contributed by atoms with Crippen molar-refractivity contribution in [3.8, 4) is 0 Å². The molecule has 0 aliphatic rings. The highest BCUT2D eigenvalue weighted by molar-refractivity contribution is 4.66. The predicted molar refractivity (Wildman–Crippen MR) is 142 cm³/mol. The average molecular weight is 491 g/mol. The van der Waals surface area contributed by atoms with Crippen molar-refractivity contribution in [1.29, 1.82) is 0 Å². The Morgan fingerprint density at radius 1 is 0.514 bits per heavy atom. The van der Waals surface area contributed by atoms with Crippen LogP contribution in [0.4, 0.5) is 0 Å². The maximum atomic E-state index is 5.81. The van der Waals surface area contributed by atoms with Crippen LogP contribution in [0.1, 0.15) is 110 Å². The summed E-state index contributed by atoms with van der Waals surface area (Å²) >= 11 is 0. The smallest absolute Gasteiger partial charge is 0.245 e. The molecule has 0 aliphatic heterocycles. The molecule has 2 aromatic rings. The van der Waals surface area contributed by atoms with Crippen LogP contribution in [0.15, 0.2) is 37.4 Å². The molecule has 0 N–H and O–H groups in total. The van der Waals surface area contributed by atoms with E-state index in [0.29, 0.717) is 13.5 Å². The first-order chi connectivity index (χ1) is 17.3. The largest absolute Gasteiger partial charge is 0.342 e. The fraction of sp³-hybridized carbons (Fsp3) is 0.793. The van der Waals surface area contributed by atoms with Crippen molar-refractivity contribution >= 4 is 0 Å². The van der Waals surface area contributed by atoms with Gasteiger partial charge in [0.25, 0.3) is 0 Å². The first-order valence-electron chi connectivity index (χ1n) is 14.6. The minimum absolute atomic E-state index is 0.611. The van der Waals surface area contributed by atoms with Crippen LogP contribution in [-0.2, 0) is 36.0 Å². The van der Waals surface area contributed by atoms with E-state index in [1.54, 1.807) is 0 Å². The van der Waals surface area contributed by atoms with Gasteiger partial charge in [0.1, 0.15) is 24.8 Å². The highest BCUT2D eigenvalue weighted by atomic mass is 16.5. The lowest BCUT2D eigenvalue weighted by Crippen LogP contribution is -2.33. The Labute approximate surface area is 215 Å². The van der Waals surface area contributed by atoms with Crippen molar-refractivity contribution in [1.82, 2.24) is 9.13 Å². The van der Waals surface area contributed by atoms with Gasteiger partial charge in [0, 0.05) is 0 Å². The first kappa shape index (κ1) is 29.6. The molecule has 6 nitrogen and oxygen atoms in total. The Bertz CT molecular complexity index is 668. The zero-order chi connectivity index (χ0) is 24.8. The van der Waals surface area contributed by atoms with Crippen LogP contribution in [0, 0.1) is 0 Å². The summed E-state index contributed by atoms with van der Waals surface area (Å²) in [7, 11) is 0. The predicted octanol–water partition coefficient (Wildman–Crippen LogP) is 6.40. The number of rotatable bonds is 24. The van der Waals surface area contributed by atoms with Crippen LogP contribution in [0.2, 0.25) is 0 Å². The summed E-state index contributed by atoms with van der Waals surface area (Å²) in [6, 6.07) is 0. The fourth-order valence-corrected chi connectivity index (χ4v) is 4.40. The maximum Gasteiger partial charge on any atom is 0.245 e. The van der Waals surface area contributed by atoms with E-state index in [9.17, 15) is 0 Å². The lowest BCUT2D eigenvalue weighted by atomic mass is 10.1. The number of nitrogens with zero attached hydrogens (tertiary/aromatic N) is 4. The Morgan fingerprint density at radius 2 is 0.914 bits per heavy atom. The van der Waals surface area contributed by atoms with Crippen molar-refractivity contribution in [3.05, 3.63) is 37.4 Å². The molecule has 0 saturated heterocycles. The van der Waals surface area contributed by atoms with E-state index in [4.69, 9.17) is 9.47 Å². The van der Waals surface area contributed by atoms with Crippen molar-refractivity contribution in [2.45, 2.75) is 137 Å². The number of unbranched alkanes of at least 4 members (excludes halogenated alkanes) is 12. The number of ether oxygens (including phenoxy) is 2. The van der Waals surface area contributed by atoms with E-state index in [-0.39, 0.29) is 0 Å². The SMILES string of the molecule is CCCCCCCCCn1cc[n+](COCCCOC[n+]2ccn(CCCCCCCCC)c2)c1. The third-order valence-corrected chi connectivity index (χ3v) is 6.59. The number of imidazole rings is 2. The summed E-state index contributed by atoms with van der Waals surface area (Å²) in [6.45, 7) is 9.42. The molecule has 0 bridgehead atoms. The number of aryl methyl sites for hydroxylation is 2. The Balaban J connectivity index is 1.41. The minimum Gasteiger partial charge on any atom is -0.342 e. The Kier molecular flexibility index (Phi) is 17.3. The second-order valence-electron chi connectivity index (χ2n) is 10.0. The van der Waals surface area contributed by atoms with E-state index >= 15 is 0 Å². The molecule has 2 heterocycles. The van der Waals surface area contributed by atoms with Crippen LogP contribution >= 0.6 is 0 Å². The topological polar surface area (TPSA) is 36.1 Å². The zero-order valence-electron chi connectivity index (χ0n) is 22.9. The van der Waals surface area contributed by atoms with Crippen LogP contribution in [0.25, 0.3) is 0 Å². The molecule has 35 heavy (non-hydrogen) atoms. The summed E-state index contributed by atoms with van der Waals surface area (Å²) in [5.41, 5.74) is 0. The molecule has 6 heteroatoms. The molecule has 2 aromatic heterocycles. The normalized spacial score (nSPS) is 11.5. The lowest BCUT2D eigenvalue weighted by molar-refractivity contribution is -0.733. The number of hydrogen-bond acceptors (Lipinski definition) is 2. The van der Waals surface area contributed by atoms with Crippen molar-refractivity contribution in [3.63, 3.8) is 0 Å². The van der Waals surface area contributed by atoms with E-state index in [0.717, 1.165) is 32.7 Å². The van der Waals surface area contributed by atoms with Gasteiger partial charge in [-0.15, -0.1) is 0 Å². The van der Waals surface area contributed by atoms with Crippen LogP contribution in [0.3, 0.4) is 0 Å². The highest BCUT2D eigenvalue weighted by Crippen LogP contribution is 2.08. The van der Waals surface area contributed by atoms with Crippen molar-refractivity contribution < 1.29 is 18.6 Å². The Morgan fingerprint density at radius 3 is 1.34 bits per heavy atom. The molecule has 0 unspecified atom stereocenters. The molecule has 0 radical (unpaired) electrons. The molecule has 2 rings (SSSR count). The molecular weight excluding hydrogens is 436 g/mol. The van der Waals surface area contributed by atoms with Gasteiger partial charge in [-0.3, -0.25) is 0 Å². The van der Waals surface area contributed by atoms with Gasteiger partial charge in [-0.25, -0.2) is 18.3 Å². The van der Waals surface area contributed by atoms with Crippen LogP contribution in [0.5, 0.6) is 0 Å². The standard InChI is InChI=1S/C29H54N4O2/c1-3-5-7-9-11-13-15-18-30-20-22-32(26-30)28-34-24-17-25-35-29-33-23-21-31(27-33)19-16-14-12-10-8-6-4-2/h20-23,26-27H,3-19,24-25,28-29H2,1-2H3/q+2.